The van der Waals surface area contributed by atoms with Crippen molar-refractivity contribution in [2.24, 2.45) is 5.92 Å². The number of nitriles is 1. The number of rotatable bonds is 4. The Morgan fingerprint density at radius 2 is 2.07 bits per heavy atom. The van der Waals surface area contributed by atoms with Gasteiger partial charge in [0, 0.05) is 5.71 Å². The van der Waals surface area contributed by atoms with Crippen molar-refractivity contribution in [1.82, 2.24) is 0 Å². The molecule has 0 saturated carbocycles. The summed E-state index contributed by atoms with van der Waals surface area (Å²) in [5.41, 5.74) is 0.166. The molecular weight excluding hydrogens is 190 g/mol. The van der Waals surface area contributed by atoms with Crippen LogP contribution in [0.4, 0.5) is 0 Å². The van der Waals surface area contributed by atoms with E-state index in [2.05, 4.69) is 0 Å². The molecule has 1 unspecified atom stereocenters. The van der Waals surface area contributed by atoms with Crippen LogP contribution in [0.15, 0.2) is 0 Å². The van der Waals surface area contributed by atoms with Crippen LogP contribution in [0.25, 0.3) is 0 Å². The van der Waals surface area contributed by atoms with Gasteiger partial charge < -0.3 is 10.3 Å². The molecule has 15 heavy (non-hydrogen) atoms. The smallest absolute Gasteiger partial charge is 0.209 e. The average molecular weight is 208 g/mol. The monoisotopic (exact) mass is 208 g/mol. The van der Waals surface area contributed by atoms with E-state index in [-0.39, 0.29) is 11.5 Å². The van der Waals surface area contributed by atoms with E-state index in [0.29, 0.717) is 6.54 Å². The quantitative estimate of drug-likeness (QED) is 0.628. The van der Waals surface area contributed by atoms with E-state index in [1.165, 1.54) is 31.1 Å². The van der Waals surface area contributed by atoms with Gasteiger partial charge in [0.1, 0.15) is 12.5 Å². The summed E-state index contributed by atoms with van der Waals surface area (Å²) in [6.45, 7) is 3.99. The molecule has 0 aliphatic carbocycles. The number of ketones is 1. The van der Waals surface area contributed by atoms with Crippen molar-refractivity contribution in [1.29, 1.82) is 10.7 Å². The van der Waals surface area contributed by atoms with Gasteiger partial charge in [-0.2, -0.15) is 5.26 Å². The van der Waals surface area contributed by atoms with Crippen molar-refractivity contribution in [2.45, 2.75) is 26.2 Å². The number of nitrogens with zero attached hydrogens (tertiary/aromatic N) is 1. The third kappa shape index (κ3) is 3.45. The van der Waals surface area contributed by atoms with Gasteiger partial charge >= 0.3 is 0 Å². The molecular formula is C11H18N3O+. The lowest BCUT2D eigenvalue weighted by atomic mass is 10.00. The number of Topliss-reactive ketones (excluding diaryl/α,β-unsaturated/α-hetero) is 1. The fourth-order valence-electron chi connectivity index (χ4n) is 1.99. The summed E-state index contributed by atoms with van der Waals surface area (Å²) in [6.07, 6.45) is 3.59. The second-order valence-corrected chi connectivity index (χ2v) is 4.20. The molecule has 4 nitrogen and oxygen atoms in total. The van der Waals surface area contributed by atoms with E-state index in [1.807, 2.05) is 6.07 Å². The number of carbonyl (C=O) groups excluding carboxylic acids is 1. The molecule has 82 valence electrons. The maximum absolute atomic E-state index is 11.7. The molecule has 1 atom stereocenters. The van der Waals surface area contributed by atoms with Gasteiger partial charge in [-0.15, -0.1) is 0 Å². The van der Waals surface area contributed by atoms with E-state index in [4.69, 9.17) is 10.7 Å². The maximum atomic E-state index is 11.7. The fraction of sp³-hybridized carbons (Fsp3) is 0.727. The minimum Gasteiger partial charge on any atom is -0.329 e. The largest absolute Gasteiger partial charge is 0.329 e. The van der Waals surface area contributed by atoms with Crippen LogP contribution in [0, 0.1) is 22.7 Å². The fourth-order valence-corrected chi connectivity index (χ4v) is 1.99. The Balaban J connectivity index is 2.46. The first-order valence-electron chi connectivity index (χ1n) is 5.46. The van der Waals surface area contributed by atoms with Gasteiger partial charge in [0.2, 0.25) is 5.78 Å². The summed E-state index contributed by atoms with van der Waals surface area (Å²) >= 11 is 0. The molecule has 1 rings (SSSR count). The van der Waals surface area contributed by atoms with Crippen LogP contribution in [0.3, 0.4) is 0 Å². The van der Waals surface area contributed by atoms with Crippen LogP contribution in [-0.2, 0) is 4.79 Å². The number of quaternary nitrogens is 1. The van der Waals surface area contributed by atoms with Crippen molar-refractivity contribution in [3.63, 3.8) is 0 Å². The van der Waals surface area contributed by atoms with Gasteiger partial charge in [0.15, 0.2) is 0 Å². The first-order chi connectivity index (χ1) is 7.15. The lowest BCUT2D eigenvalue weighted by Gasteiger charge is -2.23. The van der Waals surface area contributed by atoms with Crippen molar-refractivity contribution >= 4 is 11.5 Å². The summed E-state index contributed by atoms with van der Waals surface area (Å²) in [6, 6.07) is 1.90. The normalized spacial score (nSPS) is 19.2. The highest BCUT2D eigenvalue weighted by Crippen LogP contribution is 1.99. The third-order valence-corrected chi connectivity index (χ3v) is 2.87. The second-order valence-electron chi connectivity index (χ2n) is 4.20. The first kappa shape index (κ1) is 11.9. The van der Waals surface area contributed by atoms with E-state index in [9.17, 15) is 4.79 Å². The molecule has 1 heterocycles. The number of hydrogen-bond donors (Lipinski definition) is 2. The Kier molecular flexibility index (Phi) is 4.44. The molecule has 0 aromatic rings. The van der Waals surface area contributed by atoms with Crippen molar-refractivity contribution in [2.75, 3.05) is 19.6 Å². The van der Waals surface area contributed by atoms with Crippen LogP contribution in [-0.4, -0.2) is 31.1 Å². The number of hydrogen-bond acceptors (Lipinski definition) is 3. The number of nitrogens with one attached hydrogen (secondary N) is 2. The number of likely N-dealkylation sites (tertiary alicyclic amines) is 1. The molecule has 2 N–H and O–H groups in total. The Morgan fingerprint density at radius 3 is 2.53 bits per heavy atom. The zero-order valence-corrected chi connectivity index (χ0v) is 9.18. The highest BCUT2D eigenvalue weighted by Gasteiger charge is 2.25. The van der Waals surface area contributed by atoms with Gasteiger partial charge in [0.25, 0.3) is 0 Å². The summed E-state index contributed by atoms with van der Waals surface area (Å²) in [5, 5.41) is 16.1. The zero-order chi connectivity index (χ0) is 11.3. The molecule has 0 bridgehead atoms. The van der Waals surface area contributed by atoms with E-state index >= 15 is 0 Å². The van der Waals surface area contributed by atoms with Crippen molar-refractivity contribution in [3.8, 4) is 6.07 Å². The van der Waals surface area contributed by atoms with E-state index in [0.717, 1.165) is 13.1 Å². The molecule has 1 aliphatic rings. The lowest BCUT2D eigenvalue weighted by Crippen LogP contribution is -3.13. The highest BCUT2D eigenvalue weighted by atomic mass is 16.1. The molecule has 4 heteroatoms. The Hall–Kier alpha value is -1.21. The van der Waals surface area contributed by atoms with Crippen LogP contribution in [0.1, 0.15) is 26.2 Å². The molecule has 0 aromatic heterocycles. The van der Waals surface area contributed by atoms with E-state index < -0.39 is 5.92 Å². The molecule has 1 aliphatic heterocycles. The van der Waals surface area contributed by atoms with Crippen molar-refractivity contribution in [3.05, 3.63) is 0 Å². The second kappa shape index (κ2) is 5.62. The maximum Gasteiger partial charge on any atom is 0.209 e. The predicted octanol–water partition coefficient (Wildman–Crippen LogP) is -0.196. The summed E-state index contributed by atoms with van der Waals surface area (Å²) in [7, 11) is 0. The van der Waals surface area contributed by atoms with E-state index in [1.54, 1.807) is 0 Å². The van der Waals surface area contributed by atoms with Gasteiger partial charge in [-0.3, -0.25) is 4.79 Å². The summed E-state index contributed by atoms with van der Waals surface area (Å²) in [5.74, 6) is -0.915. The van der Waals surface area contributed by atoms with Gasteiger partial charge in [-0.25, -0.2) is 0 Å². The van der Waals surface area contributed by atoms with Crippen molar-refractivity contribution < 1.29 is 9.69 Å². The molecule has 0 aromatic carbocycles. The predicted molar refractivity (Wildman–Crippen MR) is 56.9 cm³/mol. The molecule has 0 radical (unpaired) electrons. The topological polar surface area (TPSA) is 69.2 Å². The first-order valence-corrected chi connectivity index (χ1v) is 5.46. The molecule has 1 saturated heterocycles. The van der Waals surface area contributed by atoms with Crippen LogP contribution < -0.4 is 4.90 Å². The zero-order valence-electron chi connectivity index (χ0n) is 9.18. The van der Waals surface area contributed by atoms with Gasteiger partial charge in [-0.1, -0.05) is 0 Å². The average Bonchev–Trinajstić information content (AvgIpc) is 2.19. The Morgan fingerprint density at radius 1 is 1.47 bits per heavy atom. The minimum absolute atomic E-state index is 0.0955. The van der Waals surface area contributed by atoms with Crippen LogP contribution in [0.5, 0.6) is 0 Å². The van der Waals surface area contributed by atoms with Crippen LogP contribution in [0.2, 0.25) is 0 Å². The highest BCUT2D eigenvalue weighted by molar-refractivity contribution is 6.05. The molecule has 0 spiro atoms. The van der Waals surface area contributed by atoms with Gasteiger partial charge in [0.05, 0.1) is 19.2 Å². The SMILES string of the molecule is CC(=N)C(C#N)C(=O)C[NH+]1CCCCC1. The summed E-state index contributed by atoms with van der Waals surface area (Å²) < 4.78 is 0. The lowest BCUT2D eigenvalue weighted by molar-refractivity contribution is -0.896. The number of carbonyl (C=O) groups is 1. The molecule has 0 amide bonds. The van der Waals surface area contributed by atoms with Gasteiger partial charge in [-0.05, 0) is 26.2 Å². The Labute approximate surface area is 90.4 Å². The standard InChI is InChI=1S/C11H17N3O/c1-9(13)10(7-12)11(15)8-14-5-3-2-4-6-14/h10,13H,2-6,8H2,1H3/p+1. The number of piperidine rings is 1. The summed E-state index contributed by atoms with van der Waals surface area (Å²) in [4.78, 5) is 13.0. The third-order valence-electron chi connectivity index (χ3n) is 2.87. The van der Waals surface area contributed by atoms with Crippen LogP contribution >= 0.6 is 0 Å². The minimum atomic E-state index is -0.820. The Bertz CT molecular complexity index is 287. The molecule has 1 fully saturated rings.